The molecule has 0 aliphatic carbocycles. The van der Waals surface area contributed by atoms with E-state index in [0.717, 1.165) is 4.90 Å². The van der Waals surface area contributed by atoms with E-state index in [4.69, 9.17) is 11.6 Å². The van der Waals surface area contributed by atoms with Crippen LogP contribution in [-0.4, -0.2) is 22.6 Å². The number of halogens is 1. The zero-order valence-corrected chi connectivity index (χ0v) is 12.7. The van der Waals surface area contributed by atoms with E-state index in [1.165, 1.54) is 26.0 Å². The van der Waals surface area contributed by atoms with Crippen molar-refractivity contribution < 1.29 is 19.2 Å². The summed E-state index contributed by atoms with van der Waals surface area (Å²) < 4.78 is 0. The number of carbonyl (C=O) groups is 4. The predicted molar refractivity (Wildman–Crippen MR) is 79.9 cm³/mol. The lowest BCUT2D eigenvalue weighted by Crippen LogP contribution is -2.28. The fraction of sp³-hybridized carbons (Fsp3) is 0.143. The summed E-state index contributed by atoms with van der Waals surface area (Å²) in [6.45, 7) is 2.44. The fourth-order valence-corrected chi connectivity index (χ4v) is 3.05. The molecule has 0 N–H and O–H groups in total. The number of carbonyl (C=O) groups excluding carboxylic acids is 4. The molecular weight excluding hydrogens is 314 g/mol. The first-order valence-electron chi connectivity index (χ1n) is 5.91. The molecule has 0 unspecified atom stereocenters. The fourth-order valence-electron chi connectivity index (χ4n) is 1.90. The van der Waals surface area contributed by atoms with Crippen LogP contribution in [0, 0.1) is 0 Å². The van der Waals surface area contributed by atoms with Crippen molar-refractivity contribution in [3.8, 4) is 0 Å². The van der Waals surface area contributed by atoms with E-state index in [2.05, 4.69) is 0 Å². The molecule has 1 amide bonds. The molecule has 0 bridgehead atoms. The molecule has 1 aliphatic rings. The lowest BCUT2D eigenvalue weighted by atomic mass is 10.1. The zero-order valence-electron chi connectivity index (χ0n) is 11.2. The Morgan fingerprint density at radius 3 is 2.05 bits per heavy atom. The van der Waals surface area contributed by atoms with Crippen LogP contribution in [-0.2, 0) is 19.2 Å². The maximum Gasteiger partial charge on any atom is 0.311 e. The molecule has 1 aliphatic heterocycles. The number of nitrogens with zero attached hydrogens (tertiary/aromatic N) is 1. The van der Waals surface area contributed by atoms with Crippen LogP contribution in [0.4, 0.5) is 5.69 Å². The molecule has 0 radical (unpaired) electrons. The summed E-state index contributed by atoms with van der Waals surface area (Å²) in [6, 6.07) is 6.18. The molecule has 1 fully saturated rings. The second kappa shape index (κ2) is 5.83. The maximum absolute atomic E-state index is 12.0. The van der Waals surface area contributed by atoms with Gasteiger partial charge in [-0.3, -0.25) is 24.1 Å². The van der Waals surface area contributed by atoms with E-state index in [-0.39, 0.29) is 10.6 Å². The molecule has 0 aromatic heterocycles. The Kier molecular flexibility index (Phi) is 4.29. The minimum absolute atomic E-state index is 0.0484. The van der Waals surface area contributed by atoms with Gasteiger partial charge < -0.3 is 0 Å². The molecule has 1 saturated heterocycles. The minimum atomic E-state index is -0.794. The summed E-state index contributed by atoms with van der Waals surface area (Å²) in [6.07, 6.45) is 0. The standard InChI is InChI=1S/C14H10ClNO4S/c1-7(17)11(8(2)18)13-16(12(19)14(20)21-13)10-5-3-9(15)4-6-10/h3-6H,1-2H3. The molecule has 2 rings (SSSR count). The van der Waals surface area contributed by atoms with E-state index in [0.29, 0.717) is 22.5 Å². The SMILES string of the molecule is CC(=O)C(C(C)=O)=C1SC(=O)C(=O)N1c1ccc(Cl)cc1. The first-order chi connectivity index (χ1) is 9.82. The highest BCUT2D eigenvalue weighted by Crippen LogP contribution is 2.37. The quantitative estimate of drug-likeness (QED) is 0.369. The third-order valence-corrected chi connectivity index (χ3v) is 3.97. The minimum Gasteiger partial charge on any atom is -0.294 e. The molecule has 0 saturated carbocycles. The summed E-state index contributed by atoms with van der Waals surface area (Å²) in [4.78, 5) is 48.1. The van der Waals surface area contributed by atoms with Gasteiger partial charge in [-0.2, -0.15) is 0 Å². The van der Waals surface area contributed by atoms with E-state index in [1.54, 1.807) is 12.1 Å². The number of benzene rings is 1. The third kappa shape index (κ3) is 2.91. The molecule has 1 aromatic carbocycles. The van der Waals surface area contributed by atoms with E-state index in [9.17, 15) is 19.2 Å². The van der Waals surface area contributed by atoms with Crippen molar-refractivity contribution in [2.45, 2.75) is 13.8 Å². The average Bonchev–Trinajstić information content (AvgIpc) is 2.66. The normalized spacial score (nSPS) is 14.6. The average molecular weight is 324 g/mol. The molecule has 5 nitrogen and oxygen atoms in total. The molecule has 7 heteroatoms. The van der Waals surface area contributed by atoms with Crippen molar-refractivity contribution in [1.29, 1.82) is 0 Å². The highest BCUT2D eigenvalue weighted by Gasteiger charge is 2.40. The first kappa shape index (κ1) is 15.5. The van der Waals surface area contributed by atoms with Crippen LogP contribution in [0.15, 0.2) is 34.9 Å². The highest BCUT2D eigenvalue weighted by atomic mass is 35.5. The van der Waals surface area contributed by atoms with Crippen molar-refractivity contribution in [2.24, 2.45) is 0 Å². The number of allylic oxidation sites excluding steroid dienone is 1. The van der Waals surface area contributed by atoms with Crippen molar-refractivity contribution in [3.63, 3.8) is 0 Å². The van der Waals surface area contributed by atoms with Gasteiger partial charge in [0.25, 0.3) is 5.12 Å². The van der Waals surface area contributed by atoms with Crippen LogP contribution in [0.2, 0.25) is 5.02 Å². The number of hydrogen-bond donors (Lipinski definition) is 0. The predicted octanol–water partition coefficient (Wildman–Crippen LogP) is 2.34. The van der Waals surface area contributed by atoms with Gasteiger partial charge in [-0.05, 0) is 49.9 Å². The van der Waals surface area contributed by atoms with Gasteiger partial charge in [0.1, 0.15) is 5.03 Å². The smallest absolute Gasteiger partial charge is 0.294 e. The number of rotatable bonds is 3. The second-order valence-electron chi connectivity index (χ2n) is 4.30. The number of thioether (sulfide) groups is 1. The number of anilines is 1. The highest BCUT2D eigenvalue weighted by molar-refractivity contribution is 8.19. The maximum atomic E-state index is 12.0. The van der Waals surface area contributed by atoms with Gasteiger partial charge in [0.15, 0.2) is 11.6 Å². The largest absolute Gasteiger partial charge is 0.311 e. The third-order valence-electron chi connectivity index (χ3n) is 2.77. The molecular formula is C14H10ClNO4S. The van der Waals surface area contributed by atoms with Crippen molar-refractivity contribution in [3.05, 3.63) is 39.9 Å². The molecule has 0 spiro atoms. The van der Waals surface area contributed by atoms with E-state index < -0.39 is 22.6 Å². The first-order valence-corrected chi connectivity index (χ1v) is 7.10. The zero-order chi connectivity index (χ0) is 15.7. The van der Waals surface area contributed by atoms with Gasteiger partial charge in [0.2, 0.25) is 0 Å². The Bertz CT molecular complexity index is 677. The van der Waals surface area contributed by atoms with E-state index >= 15 is 0 Å². The van der Waals surface area contributed by atoms with Crippen molar-refractivity contribution >= 4 is 51.6 Å². The van der Waals surface area contributed by atoms with Gasteiger partial charge in [0, 0.05) is 5.02 Å². The topological polar surface area (TPSA) is 71.5 Å². The van der Waals surface area contributed by atoms with Gasteiger partial charge in [-0.25, -0.2) is 0 Å². The van der Waals surface area contributed by atoms with Crippen LogP contribution < -0.4 is 4.90 Å². The van der Waals surface area contributed by atoms with Crippen LogP contribution in [0.5, 0.6) is 0 Å². The van der Waals surface area contributed by atoms with E-state index in [1.807, 2.05) is 0 Å². The Labute approximate surface area is 129 Å². The Morgan fingerprint density at radius 1 is 1.05 bits per heavy atom. The monoisotopic (exact) mass is 323 g/mol. The van der Waals surface area contributed by atoms with Crippen LogP contribution >= 0.6 is 23.4 Å². The number of amides is 1. The van der Waals surface area contributed by atoms with Crippen molar-refractivity contribution in [1.82, 2.24) is 0 Å². The van der Waals surface area contributed by atoms with Gasteiger partial charge in [-0.1, -0.05) is 11.6 Å². The summed E-state index contributed by atoms with van der Waals surface area (Å²) in [5.41, 5.74) is 0.215. The molecule has 108 valence electrons. The van der Waals surface area contributed by atoms with Gasteiger partial charge >= 0.3 is 5.91 Å². The van der Waals surface area contributed by atoms with Crippen LogP contribution in [0.1, 0.15) is 13.8 Å². The lowest BCUT2D eigenvalue weighted by molar-refractivity contribution is -0.130. The molecule has 1 heterocycles. The van der Waals surface area contributed by atoms with Gasteiger partial charge in [-0.15, -0.1) is 0 Å². The Balaban J connectivity index is 2.64. The Hall–Kier alpha value is -1.92. The summed E-state index contributed by atoms with van der Waals surface area (Å²) >= 11 is 6.38. The summed E-state index contributed by atoms with van der Waals surface area (Å²) in [7, 11) is 0. The van der Waals surface area contributed by atoms with Crippen molar-refractivity contribution in [2.75, 3.05) is 4.90 Å². The Morgan fingerprint density at radius 2 is 1.57 bits per heavy atom. The lowest BCUT2D eigenvalue weighted by Gasteiger charge is -2.18. The number of hydrogen-bond acceptors (Lipinski definition) is 5. The van der Waals surface area contributed by atoms with Gasteiger partial charge in [0.05, 0.1) is 11.3 Å². The summed E-state index contributed by atoms with van der Waals surface area (Å²) in [5, 5.41) is -0.222. The molecule has 21 heavy (non-hydrogen) atoms. The molecule has 0 atom stereocenters. The number of Topliss-reactive ketones (excluding diaryl/α,β-unsaturated/α-hetero) is 2. The summed E-state index contributed by atoms with van der Waals surface area (Å²) in [5.74, 6) is -1.78. The van der Waals surface area contributed by atoms with Crippen LogP contribution in [0.3, 0.4) is 0 Å². The van der Waals surface area contributed by atoms with Crippen LogP contribution in [0.25, 0.3) is 0 Å². The molecule has 1 aromatic rings. The number of ketones is 2. The second-order valence-corrected chi connectivity index (χ2v) is 5.70.